The zero-order valence-corrected chi connectivity index (χ0v) is 8.24. The van der Waals surface area contributed by atoms with Crippen LogP contribution in [0.4, 0.5) is 0 Å². The standard InChI is InChI=1S/C11H20O2/c12-11-5-3-1-2-4-9(11)6-7-10-8-13-10/h9-12H,1-8H2. The molecule has 76 valence electrons. The molecule has 2 heteroatoms. The van der Waals surface area contributed by atoms with E-state index < -0.39 is 0 Å². The number of hydrogen-bond donors (Lipinski definition) is 1. The lowest BCUT2D eigenvalue weighted by molar-refractivity contribution is 0.0932. The highest BCUT2D eigenvalue weighted by molar-refractivity contribution is 4.77. The Labute approximate surface area is 80.3 Å². The van der Waals surface area contributed by atoms with Crippen molar-refractivity contribution in [2.45, 2.75) is 57.2 Å². The molecule has 1 heterocycles. The first-order chi connectivity index (χ1) is 6.36. The van der Waals surface area contributed by atoms with Crippen LogP contribution in [0.25, 0.3) is 0 Å². The number of rotatable bonds is 3. The van der Waals surface area contributed by atoms with Crippen molar-refractivity contribution >= 4 is 0 Å². The molecule has 0 amide bonds. The van der Waals surface area contributed by atoms with Crippen molar-refractivity contribution in [3.8, 4) is 0 Å². The largest absolute Gasteiger partial charge is 0.393 e. The molecule has 0 aromatic carbocycles. The Morgan fingerprint density at radius 2 is 1.85 bits per heavy atom. The van der Waals surface area contributed by atoms with Crippen LogP contribution in [0.1, 0.15) is 44.9 Å². The highest BCUT2D eigenvalue weighted by Gasteiger charge is 2.27. The fourth-order valence-corrected chi connectivity index (χ4v) is 2.34. The lowest BCUT2D eigenvalue weighted by Crippen LogP contribution is -2.19. The molecule has 1 saturated carbocycles. The Bertz CT molecular complexity index is 154. The highest BCUT2D eigenvalue weighted by atomic mass is 16.6. The molecule has 13 heavy (non-hydrogen) atoms. The summed E-state index contributed by atoms with van der Waals surface area (Å²) in [6.07, 6.45) is 8.95. The maximum atomic E-state index is 9.84. The highest BCUT2D eigenvalue weighted by Crippen LogP contribution is 2.29. The van der Waals surface area contributed by atoms with Gasteiger partial charge in [-0.05, 0) is 31.6 Å². The van der Waals surface area contributed by atoms with Gasteiger partial charge in [-0.2, -0.15) is 0 Å². The summed E-state index contributed by atoms with van der Waals surface area (Å²) in [6.45, 7) is 0.961. The number of ether oxygens (including phenoxy) is 1. The van der Waals surface area contributed by atoms with Gasteiger partial charge < -0.3 is 9.84 Å². The van der Waals surface area contributed by atoms with E-state index in [9.17, 15) is 5.11 Å². The fourth-order valence-electron chi connectivity index (χ4n) is 2.34. The number of aliphatic hydroxyl groups excluding tert-OH is 1. The van der Waals surface area contributed by atoms with Crippen LogP contribution < -0.4 is 0 Å². The van der Waals surface area contributed by atoms with Crippen LogP contribution in [0.15, 0.2) is 0 Å². The summed E-state index contributed by atoms with van der Waals surface area (Å²) in [5.74, 6) is 0.562. The van der Waals surface area contributed by atoms with Gasteiger partial charge in [-0.15, -0.1) is 0 Å². The molecular weight excluding hydrogens is 164 g/mol. The van der Waals surface area contributed by atoms with Crippen molar-refractivity contribution in [1.82, 2.24) is 0 Å². The van der Waals surface area contributed by atoms with Gasteiger partial charge in [0.05, 0.1) is 18.8 Å². The molecule has 3 atom stereocenters. The van der Waals surface area contributed by atoms with Crippen LogP contribution in [0, 0.1) is 5.92 Å². The summed E-state index contributed by atoms with van der Waals surface area (Å²) in [7, 11) is 0. The van der Waals surface area contributed by atoms with Crippen LogP contribution in [0.2, 0.25) is 0 Å². The Balaban J connectivity index is 1.72. The van der Waals surface area contributed by atoms with E-state index in [1.54, 1.807) is 0 Å². The van der Waals surface area contributed by atoms with E-state index in [0.29, 0.717) is 12.0 Å². The van der Waals surface area contributed by atoms with Gasteiger partial charge >= 0.3 is 0 Å². The lowest BCUT2D eigenvalue weighted by atomic mass is 9.92. The van der Waals surface area contributed by atoms with Gasteiger partial charge in [0.1, 0.15) is 0 Å². The minimum atomic E-state index is -0.0266. The van der Waals surface area contributed by atoms with Crippen LogP contribution >= 0.6 is 0 Å². The van der Waals surface area contributed by atoms with Crippen LogP contribution in [-0.4, -0.2) is 23.9 Å². The second kappa shape index (κ2) is 4.43. The topological polar surface area (TPSA) is 32.8 Å². The first-order valence-electron chi connectivity index (χ1n) is 5.66. The summed E-state index contributed by atoms with van der Waals surface area (Å²) in [5.41, 5.74) is 0. The molecule has 1 aliphatic carbocycles. The average molecular weight is 184 g/mol. The molecule has 1 saturated heterocycles. The third kappa shape index (κ3) is 2.96. The second-order valence-corrected chi connectivity index (χ2v) is 4.50. The molecule has 3 unspecified atom stereocenters. The molecule has 0 bridgehead atoms. The van der Waals surface area contributed by atoms with Crippen molar-refractivity contribution in [3.63, 3.8) is 0 Å². The molecule has 0 radical (unpaired) electrons. The molecular formula is C11H20O2. The molecule has 2 fully saturated rings. The maximum absolute atomic E-state index is 9.84. The quantitative estimate of drug-likeness (QED) is 0.538. The van der Waals surface area contributed by atoms with Crippen molar-refractivity contribution in [2.24, 2.45) is 5.92 Å². The SMILES string of the molecule is OC1CCCCCC1CCC1CO1. The molecule has 1 N–H and O–H groups in total. The van der Waals surface area contributed by atoms with E-state index in [1.807, 2.05) is 0 Å². The maximum Gasteiger partial charge on any atom is 0.0810 e. The van der Waals surface area contributed by atoms with E-state index in [1.165, 1.54) is 38.5 Å². The van der Waals surface area contributed by atoms with Gasteiger partial charge in [-0.1, -0.05) is 19.3 Å². The van der Waals surface area contributed by atoms with Crippen LogP contribution in [0.5, 0.6) is 0 Å². The third-order valence-electron chi connectivity index (χ3n) is 3.38. The van der Waals surface area contributed by atoms with E-state index in [0.717, 1.165) is 13.0 Å². The van der Waals surface area contributed by atoms with Gasteiger partial charge in [0, 0.05) is 0 Å². The number of aliphatic hydroxyl groups is 1. The van der Waals surface area contributed by atoms with E-state index in [-0.39, 0.29) is 6.10 Å². The molecule has 2 aliphatic rings. The Morgan fingerprint density at radius 3 is 2.62 bits per heavy atom. The monoisotopic (exact) mass is 184 g/mol. The third-order valence-corrected chi connectivity index (χ3v) is 3.38. The second-order valence-electron chi connectivity index (χ2n) is 4.50. The Morgan fingerprint density at radius 1 is 1.08 bits per heavy atom. The van der Waals surface area contributed by atoms with Gasteiger partial charge in [0.25, 0.3) is 0 Å². The number of epoxide rings is 1. The molecule has 0 aromatic rings. The summed E-state index contributed by atoms with van der Waals surface area (Å²) in [5, 5.41) is 9.84. The lowest BCUT2D eigenvalue weighted by Gasteiger charge is -2.19. The summed E-state index contributed by atoms with van der Waals surface area (Å²) < 4.78 is 5.18. The summed E-state index contributed by atoms with van der Waals surface area (Å²) in [6, 6.07) is 0. The van der Waals surface area contributed by atoms with Gasteiger partial charge in [-0.25, -0.2) is 0 Å². The minimum absolute atomic E-state index is 0.0266. The van der Waals surface area contributed by atoms with Crippen molar-refractivity contribution < 1.29 is 9.84 Å². The van der Waals surface area contributed by atoms with Crippen molar-refractivity contribution in [2.75, 3.05) is 6.61 Å². The molecule has 0 spiro atoms. The van der Waals surface area contributed by atoms with Crippen LogP contribution in [-0.2, 0) is 4.74 Å². The molecule has 1 aliphatic heterocycles. The first kappa shape index (κ1) is 9.47. The van der Waals surface area contributed by atoms with E-state index >= 15 is 0 Å². The van der Waals surface area contributed by atoms with Crippen molar-refractivity contribution in [3.05, 3.63) is 0 Å². The van der Waals surface area contributed by atoms with E-state index in [4.69, 9.17) is 4.74 Å². The summed E-state index contributed by atoms with van der Waals surface area (Å²) >= 11 is 0. The normalized spacial score (nSPS) is 39.9. The first-order valence-corrected chi connectivity index (χ1v) is 5.66. The Hall–Kier alpha value is -0.0800. The fraction of sp³-hybridized carbons (Fsp3) is 1.00. The van der Waals surface area contributed by atoms with Crippen LogP contribution in [0.3, 0.4) is 0 Å². The van der Waals surface area contributed by atoms with Gasteiger partial charge in [-0.3, -0.25) is 0 Å². The summed E-state index contributed by atoms with van der Waals surface area (Å²) in [4.78, 5) is 0. The molecule has 2 nitrogen and oxygen atoms in total. The van der Waals surface area contributed by atoms with Gasteiger partial charge in [0.15, 0.2) is 0 Å². The molecule has 2 rings (SSSR count). The average Bonchev–Trinajstić information content (AvgIpc) is 2.90. The zero-order valence-electron chi connectivity index (χ0n) is 8.24. The zero-order chi connectivity index (χ0) is 9.10. The smallest absolute Gasteiger partial charge is 0.0810 e. The Kier molecular flexibility index (Phi) is 3.23. The van der Waals surface area contributed by atoms with Gasteiger partial charge in [0.2, 0.25) is 0 Å². The molecule has 0 aromatic heterocycles. The minimum Gasteiger partial charge on any atom is -0.393 e. The number of hydrogen-bond acceptors (Lipinski definition) is 2. The predicted molar refractivity (Wildman–Crippen MR) is 51.6 cm³/mol. The van der Waals surface area contributed by atoms with Crippen molar-refractivity contribution in [1.29, 1.82) is 0 Å². The predicted octanol–water partition coefficient (Wildman–Crippen LogP) is 2.11. The van der Waals surface area contributed by atoms with E-state index in [2.05, 4.69) is 0 Å².